The van der Waals surface area contributed by atoms with Crippen molar-refractivity contribution in [3.05, 3.63) is 52.6 Å². The number of hydrogen-bond acceptors (Lipinski definition) is 4. The van der Waals surface area contributed by atoms with E-state index in [1.807, 2.05) is 24.3 Å². The van der Waals surface area contributed by atoms with Gasteiger partial charge in [0.2, 0.25) is 5.88 Å². The van der Waals surface area contributed by atoms with Crippen LogP contribution in [0.4, 0.5) is 0 Å². The summed E-state index contributed by atoms with van der Waals surface area (Å²) in [6.07, 6.45) is 2.39. The molecular formula is C16H16BrN3O2. The number of likely N-dealkylation sites (tertiary alicyclic amines) is 1. The molecule has 1 amide bonds. The molecule has 5 nitrogen and oxygen atoms in total. The molecule has 3 rings (SSSR count). The summed E-state index contributed by atoms with van der Waals surface area (Å²) in [4.78, 5) is 18.2. The molecule has 22 heavy (non-hydrogen) atoms. The highest BCUT2D eigenvalue weighted by Crippen LogP contribution is 2.22. The first-order valence-corrected chi connectivity index (χ1v) is 7.85. The Morgan fingerprint density at radius 2 is 2.05 bits per heavy atom. The highest BCUT2D eigenvalue weighted by atomic mass is 79.9. The molecule has 0 aliphatic carbocycles. The lowest BCUT2D eigenvalue weighted by Crippen LogP contribution is -2.31. The lowest BCUT2D eigenvalue weighted by Gasteiger charge is -2.15. The number of carbonyl (C=O) groups excluding carboxylic acids is 1. The van der Waals surface area contributed by atoms with E-state index in [-0.39, 0.29) is 11.9 Å². The van der Waals surface area contributed by atoms with Crippen molar-refractivity contribution in [1.82, 2.24) is 9.88 Å². The minimum Gasteiger partial charge on any atom is -0.439 e. The van der Waals surface area contributed by atoms with Crippen molar-refractivity contribution in [3.63, 3.8) is 0 Å². The van der Waals surface area contributed by atoms with Crippen molar-refractivity contribution in [1.29, 1.82) is 0 Å². The largest absolute Gasteiger partial charge is 0.439 e. The van der Waals surface area contributed by atoms with E-state index in [2.05, 4.69) is 20.9 Å². The lowest BCUT2D eigenvalue weighted by atomic mass is 10.2. The summed E-state index contributed by atoms with van der Waals surface area (Å²) in [6.45, 7) is 1.31. The monoisotopic (exact) mass is 361 g/mol. The van der Waals surface area contributed by atoms with Gasteiger partial charge in [0.1, 0.15) is 5.75 Å². The molecule has 2 N–H and O–H groups in total. The molecule has 6 heteroatoms. The molecule has 2 aromatic rings. The number of pyridine rings is 1. The van der Waals surface area contributed by atoms with Gasteiger partial charge in [0, 0.05) is 35.9 Å². The number of carbonyl (C=O) groups is 1. The molecule has 2 heterocycles. The van der Waals surface area contributed by atoms with Gasteiger partial charge in [-0.2, -0.15) is 0 Å². The van der Waals surface area contributed by atoms with E-state index in [0.717, 1.165) is 10.9 Å². The summed E-state index contributed by atoms with van der Waals surface area (Å²) < 4.78 is 6.62. The molecule has 1 aromatic heterocycles. The molecule has 0 bridgehead atoms. The second kappa shape index (κ2) is 6.46. The summed E-state index contributed by atoms with van der Waals surface area (Å²) >= 11 is 3.37. The van der Waals surface area contributed by atoms with Gasteiger partial charge in [0.05, 0.1) is 5.56 Å². The number of rotatable bonds is 3. The van der Waals surface area contributed by atoms with Gasteiger partial charge in [-0.05, 0) is 36.8 Å². The van der Waals surface area contributed by atoms with Crippen molar-refractivity contribution in [3.8, 4) is 11.6 Å². The SMILES string of the molecule is NC1CCN(C(=O)c2ccc(Oc3ccc(Br)cc3)nc2)C1. The molecular weight excluding hydrogens is 346 g/mol. The third-order valence-electron chi connectivity index (χ3n) is 3.53. The van der Waals surface area contributed by atoms with Gasteiger partial charge in [-0.3, -0.25) is 4.79 Å². The quantitative estimate of drug-likeness (QED) is 0.912. The molecule has 1 aromatic carbocycles. The molecule has 0 radical (unpaired) electrons. The normalized spacial score (nSPS) is 17.5. The predicted octanol–water partition coefficient (Wildman–Crippen LogP) is 2.81. The first kappa shape index (κ1) is 15.0. The average molecular weight is 362 g/mol. The lowest BCUT2D eigenvalue weighted by molar-refractivity contribution is 0.0790. The molecule has 1 unspecified atom stereocenters. The van der Waals surface area contributed by atoms with Crippen molar-refractivity contribution in [2.24, 2.45) is 5.73 Å². The van der Waals surface area contributed by atoms with Gasteiger partial charge in [-0.25, -0.2) is 4.98 Å². The first-order valence-electron chi connectivity index (χ1n) is 7.06. The van der Waals surface area contributed by atoms with Crippen LogP contribution in [0.1, 0.15) is 16.8 Å². The number of hydrogen-bond donors (Lipinski definition) is 1. The topological polar surface area (TPSA) is 68.5 Å². The van der Waals surface area contributed by atoms with E-state index in [9.17, 15) is 4.79 Å². The number of nitrogens with zero attached hydrogens (tertiary/aromatic N) is 2. The number of aromatic nitrogens is 1. The standard InChI is InChI=1S/C16H16BrN3O2/c17-12-2-4-14(5-3-12)22-15-6-1-11(9-19-15)16(21)20-8-7-13(18)10-20/h1-6,9,13H,7-8,10,18H2. The van der Waals surface area contributed by atoms with Crippen LogP contribution in [0.25, 0.3) is 0 Å². The molecule has 1 aliphatic rings. The van der Waals surface area contributed by atoms with Crippen molar-refractivity contribution in [2.45, 2.75) is 12.5 Å². The van der Waals surface area contributed by atoms with E-state index >= 15 is 0 Å². The third kappa shape index (κ3) is 3.45. The average Bonchev–Trinajstić information content (AvgIpc) is 2.96. The maximum absolute atomic E-state index is 12.3. The Kier molecular flexibility index (Phi) is 4.40. The van der Waals surface area contributed by atoms with Crippen LogP contribution in [0.2, 0.25) is 0 Å². The molecule has 0 spiro atoms. The fraction of sp³-hybridized carbons (Fsp3) is 0.250. The second-order valence-electron chi connectivity index (χ2n) is 5.24. The number of ether oxygens (including phenoxy) is 1. The van der Waals surface area contributed by atoms with Crippen LogP contribution in [0.3, 0.4) is 0 Å². The molecule has 1 aliphatic heterocycles. The Morgan fingerprint density at radius 3 is 2.64 bits per heavy atom. The number of amides is 1. The smallest absolute Gasteiger partial charge is 0.255 e. The van der Waals surface area contributed by atoms with E-state index in [1.54, 1.807) is 23.2 Å². The van der Waals surface area contributed by atoms with Crippen LogP contribution in [-0.2, 0) is 0 Å². The van der Waals surface area contributed by atoms with Crippen molar-refractivity contribution >= 4 is 21.8 Å². The zero-order valence-electron chi connectivity index (χ0n) is 11.9. The second-order valence-corrected chi connectivity index (χ2v) is 6.16. The zero-order chi connectivity index (χ0) is 15.5. The van der Waals surface area contributed by atoms with Crippen molar-refractivity contribution in [2.75, 3.05) is 13.1 Å². The summed E-state index contributed by atoms with van der Waals surface area (Å²) in [7, 11) is 0. The maximum Gasteiger partial charge on any atom is 0.255 e. The fourth-order valence-corrected chi connectivity index (χ4v) is 2.61. The van der Waals surface area contributed by atoms with Crippen LogP contribution in [-0.4, -0.2) is 34.9 Å². The maximum atomic E-state index is 12.3. The van der Waals surface area contributed by atoms with Gasteiger partial charge in [0.15, 0.2) is 0 Å². The van der Waals surface area contributed by atoms with E-state index in [4.69, 9.17) is 10.5 Å². The van der Waals surface area contributed by atoms with Gasteiger partial charge in [-0.1, -0.05) is 15.9 Å². The van der Waals surface area contributed by atoms with Gasteiger partial charge in [-0.15, -0.1) is 0 Å². The summed E-state index contributed by atoms with van der Waals surface area (Å²) in [5.74, 6) is 1.12. The number of benzene rings is 1. The highest BCUT2D eigenvalue weighted by Gasteiger charge is 2.24. The summed E-state index contributed by atoms with van der Waals surface area (Å²) in [6, 6.07) is 11.0. The molecule has 114 valence electrons. The Labute approximate surface area is 137 Å². The van der Waals surface area contributed by atoms with Gasteiger partial charge in [0.25, 0.3) is 5.91 Å². The van der Waals surface area contributed by atoms with E-state index in [1.165, 1.54) is 0 Å². The Morgan fingerprint density at radius 1 is 1.27 bits per heavy atom. The predicted molar refractivity (Wildman–Crippen MR) is 86.9 cm³/mol. The summed E-state index contributed by atoms with van der Waals surface area (Å²) in [5.41, 5.74) is 6.38. The Hall–Kier alpha value is -1.92. The number of halogens is 1. The number of nitrogens with two attached hydrogens (primary N) is 1. The van der Waals surface area contributed by atoms with Crippen LogP contribution >= 0.6 is 15.9 Å². The molecule has 0 saturated carbocycles. The minimum atomic E-state index is -0.0318. The molecule has 1 atom stereocenters. The Bertz CT molecular complexity index is 658. The fourth-order valence-electron chi connectivity index (χ4n) is 2.34. The van der Waals surface area contributed by atoms with Gasteiger partial charge < -0.3 is 15.4 Å². The van der Waals surface area contributed by atoms with Crippen LogP contribution < -0.4 is 10.5 Å². The Balaban J connectivity index is 1.67. The first-order chi connectivity index (χ1) is 10.6. The van der Waals surface area contributed by atoms with Crippen LogP contribution in [0.5, 0.6) is 11.6 Å². The van der Waals surface area contributed by atoms with Crippen LogP contribution in [0.15, 0.2) is 47.1 Å². The van der Waals surface area contributed by atoms with Crippen molar-refractivity contribution < 1.29 is 9.53 Å². The van der Waals surface area contributed by atoms with E-state index in [0.29, 0.717) is 30.3 Å². The zero-order valence-corrected chi connectivity index (χ0v) is 13.5. The van der Waals surface area contributed by atoms with E-state index < -0.39 is 0 Å². The third-order valence-corrected chi connectivity index (χ3v) is 4.06. The highest BCUT2D eigenvalue weighted by molar-refractivity contribution is 9.10. The molecule has 1 fully saturated rings. The van der Waals surface area contributed by atoms with Gasteiger partial charge >= 0.3 is 0 Å². The minimum absolute atomic E-state index is 0.0318. The molecule has 1 saturated heterocycles. The summed E-state index contributed by atoms with van der Waals surface area (Å²) in [5, 5.41) is 0. The van der Waals surface area contributed by atoms with Crippen LogP contribution in [0, 0.1) is 0 Å².